The van der Waals surface area contributed by atoms with Gasteiger partial charge in [0.2, 0.25) is 0 Å². The Hall–Kier alpha value is -0.480. The molecular formula is C9H7ClF2OS. The van der Waals surface area contributed by atoms with E-state index >= 15 is 0 Å². The van der Waals surface area contributed by atoms with E-state index in [1.165, 1.54) is 6.07 Å². The molecule has 0 bridgehead atoms. The van der Waals surface area contributed by atoms with E-state index in [1.54, 1.807) is 6.07 Å². The Morgan fingerprint density at radius 1 is 1.43 bits per heavy atom. The van der Waals surface area contributed by atoms with Crippen molar-refractivity contribution in [3.05, 3.63) is 22.7 Å². The molecule has 14 heavy (non-hydrogen) atoms. The van der Waals surface area contributed by atoms with Gasteiger partial charge in [-0.3, -0.25) is 0 Å². The van der Waals surface area contributed by atoms with E-state index < -0.39 is 5.92 Å². The molecule has 2 rings (SSSR count). The molecule has 1 nitrogen and oxygen atoms in total. The number of alkyl halides is 2. The van der Waals surface area contributed by atoms with Crippen LogP contribution in [0.3, 0.4) is 0 Å². The number of ether oxygens (including phenoxy) is 1. The first kappa shape index (κ1) is 10.1. The molecule has 1 aliphatic heterocycles. The third kappa shape index (κ3) is 1.46. The second-order valence-electron chi connectivity index (χ2n) is 3.07. The van der Waals surface area contributed by atoms with E-state index in [9.17, 15) is 8.78 Å². The van der Waals surface area contributed by atoms with Crippen LogP contribution in [-0.2, 0) is 5.92 Å². The molecule has 0 aromatic heterocycles. The third-order valence-electron chi connectivity index (χ3n) is 2.11. The molecule has 1 aromatic rings. The standard InChI is InChI=1S/C9H7ClF2OS/c10-5-1-2-6(14)8-7(5)9(11,12)3-4-13-8/h1-2,14H,3-4H2. The molecule has 1 heterocycles. The lowest BCUT2D eigenvalue weighted by molar-refractivity contribution is -0.0412. The van der Waals surface area contributed by atoms with E-state index in [0.29, 0.717) is 4.90 Å². The van der Waals surface area contributed by atoms with E-state index in [2.05, 4.69) is 12.6 Å². The summed E-state index contributed by atoms with van der Waals surface area (Å²) in [6.07, 6.45) is -0.336. The maximum absolute atomic E-state index is 13.4. The van der Waals surface area contributed by atoms with Gasteiger partial charge >= 0.3 is 0 Å². The zero-order valence-electron chi connectivity index (χ0n) is 7.06. The van der Waals surface area contributed by atoms with Crippen molar-refractivity contribution in [1.29, 1.82) is 0 Å². The van der Waals surface area contributed by atoms with Crippen LogP contribution >= 0.6 is 24.2 Å². The van der Waals surface area contributed by atoms with Crippen molar-refractivity contribution >= 4 is 24.2 Å². The average Bonchev–Trinajstić information content (AvgIpc) is 2.10. The summed E-state index contributed by atoms with van der Waals surface area (Å²) in [5.74, 6) is -2.80. The summed E-state index contributed by atoms with van der Waals surface area (Å²) in [6, 6.07) is 2.96. The van der Waals surface area contributed by atoms with E-state index in [4.69, 9.17) is 16.3 Å². The highest BCUT2D eigenvalue weighted by molar-refractivity contribution is 7.80. The second kappa shape index (κ2) is 3.28. The molecule has 1 aliphatic rings. The Balaban J connectivity index is 2.67. The van der Waals surface area contributed by atoms with Gasteiger partial charge in [0.1, 0.15) is 5.75 Å². The minimum absolute atomic E-state index is 0.00605. The minimum Gasteiger partial charge on any atom is -0.492 e. The van der Waals surface area contributed by atoms with Crippen LogP contribution in [0.15, 0.2) is 17.0 Å². The summed E-state index contributed by atoms with van der Waals surface area (Å²) in [5.41, 5.74) is -0.238. The molecule has 1 aromatic carbocycles. The van der Waals surface area contributed by atoms with Crippen LogP contribution in [0.25, 0.3) is 0 Å². The highest BCUT2D eigenvalue weighted by Crippen LogP contribution is 2.47. The number of rotatable bonds is 0. The molecule has 0 fully saturated rings. The summed E-state index contributed by atoms with van der Waals surface area (Å²) in [4.78, 5) is 0.392. The predicted octanol–water partition coefficient (Wildman–Crippen LogP) is 3.50. The topological polar surface area (TPSA) is 9.23 Å². The second-order valence-corrected chi connectivity index (χ2v) is 3.96. The molecule has 76 valence electrons. The summed E-state index contributed by atoms with van der Waals surface area (Å²) < 4.78 is 32.0. The SMILES string of the molecule is FC1(F)CCOc2c(S)ccc(Cl)c21. The van der Waals surface area contributed by atoms with Crippen LogP contribution in [-0.4, -0.2) is 6.61 Å². The number of hydrogen-bond donors (Lipinski definition) is 1. The smallest absolute Gasteiger partial charge is 0.281 e. The van der Waals surface area contributed by atoms with Crippen LogP contribution in [0.1, 0.15) is 12.0 Å². The Kier molecular flexibility index (Phi) is 2.35. The fourth-order valence-corrected chi connectivity index (χ4v) is 1.98. The zero-order valence-corrected chi connectivity index (χ0v) is 8.71. The molecule has 0 radical (unpaired) electrons. The molecule has 0 aliphatic carbocycles. The van der Waals surface area contributed by atoms with Gasteiger partial charge < -0.3 is 4.74 Å². The monoisotopic (exact) mass is 236 g/mol. The summed E-state index contributed by atoms with van der Waals surface area (Å²) in [5, 5.41) is 0.0301. The summed E-state index contributed by atoms with van der Waals surface area (Å²) >= 11 is 9.75. The molecule has 0 saturated carbocycles. The molecule has 0 amide bonds. The molecule has 0 saturated heterocycles. The van der Waals surface area contributed by atoms with Crippen molar-refractivity contribution in [3.8, 4) is 5.75 Å². The maximum Gasteiger partial charge on any atom is 0.281 e. The number of fused-ring (bicyclic) bond motifs is 1. The van der Waals surface area contributed by atoms with Gasteiger partial charge in [-0.05, 0) is 12.1 Å². The van der Waals surface area contributed by atoms with E-state index in [1.807, 2.05) is 0 Å². The minimum atomic E-state index is -2.91. The summed E-state index contributed by atoms with van der Waals surface area (Å²) in [6.45, 7) is -0.00605. The number of halogens is 3. The number of benzene rings is 1. The van der Waals surface area contributed by atoms with Gasteiger partial charge in [-0.25, -0.2) is 8.78 Å². The summed E-state index contributed by atoms with van der Waals surface area (Å²) in [7, 11) is 0. The highest BCUT2D eigenvalue weighted by atomic mass is 35.5. The third-order valence-corrected chi connectivity index (χ3v) is 2.78. The van der Waals surface area contributed by atoms with Crippen LogP contribution in [0.5, 0.6) is 5.75 Å². The number of hydrogen-bond acceptors (Lipinski definition) is 2. The van der Waals surface area contributed by atoms with Crippen LogP contribution in [0.2, 0.25) is 5.02 Å². The quantitative estimate of drug-likeness (QED) is 0.679. The van der Waals surface area contributed by atoms with Gasteiger partial charge in [-0.1, -0.05) is 11.6 Å². The molecule has 0 unspecified atom stereocenters. The average molecular weight is 237 g/mol. The number of thiol groups is 1. The lowest BCUT2D eigenvalue weighted by atomic mass is 10.0. The largest absolute Gasteiger partial charge is 0.492 e. The first-order valence-electron chi connectivity index (χ1n) is 4.05. The fourth-order valence-electron chi connectivity index (χ4n) is 1.44. The Morgan fingerprint density at radius 3 is 2.79 bits per heavy atom. The van der Waals surface area contributed by atoms with Crippen LogP contribution in [0, 0.1) is 0 Å². The van der Waals surface area contributed by atoms with E-state index in [0.717, 1.165) is 0 Å². The van der Waals surface area contributed by atoms with Crippen molar-refractivity contribution in [2.24, 2.45) is 0 Å². The van der Waals surface area contributed by atoms with Gasteiger partial charge in [0.05, 0.1) is 23.6 Å². The fraction of sp³-hybridized carbons (Fsp3) is 0.333. The van der Waals surface area contributed by atoms with E-state index in [-0.39, 0.29) is 29.4 Å². The molecule has 5 heteroatoms. The molecule has 0 N–H and O–H groups in total. The normalized spacial score (nSPS) is 18.6. The lowest BCUT2D eigenvalue weighted by Gasteiger charge is -2.27. The predicted molar refractivity (Wildman–Crippen MR) is 52.7 cm³/mol. The van der Waals surface area contributed by atoms with Gasteiger partial charge in [-0.15, -0.1) is 12.6 Å². The lowest BCUT2D eigenvalue weighted by Crippen LogP contribution is -2.24. The van der Waals surface area contributed by atoms with Gasteiger partial charge in [0.15, 0.2) is 0 Å². The van der Waals surface area contributed by atoms with Crippen molar-refractivity contribution in [3.63, 3.8) is 0 Å². The highest BCUT2D eigenvalue weighted by Gasteiger charge is 2.40. The first-order chi connectivity index (χ1) is 6.52. The van der Waals surface area contributed by atoms with Crippen molar-refractivity contribution in [2.75, 3.05) is 6.61 Å². The van der Waals surface area contributed by atoms with Gasteiger partial charge in [0, 0.05) is 4.90 Å². The zero-order chi connectivity index (χ0) is 10.3. The van der Waals surface area contributed by atoms with Crippen molar-refractivity contribution in [1.82, 2.24) is 0 Å². The molecule has 0 spiro atoms. The van der Waals surface area contributed by atoms with Gasteiger partial charge in [0.25, 0.3) is 5.92 Å². The molecular weight excluding hydrogens is 230 g/mol. The maximum atomic E-state index is 13.4. The Morgan fingerprint density at radius 2 is 2.14 bits per heavy atom. The Labute approximate surface area is 90.4 Å². The van der Waals surface area contributed by atoms with Crippen molar-refractivity contribution in [2.45, 2.75) is 17.2 Å². The first-order valence-corrected chi connectivity index (χ1v) is 4.87. The Bertz CT molecular complexity index is 381. The van der Waals surface area contributed by atoms with Crippen LogP contribution < -0.4 is 4.74 Å². The molecule has 0 atom stereocenters. The van der Waals surface area contributed by atoms with Crippen LogP contribution in [0.4, 0.5) is 8.78 Å². The van der Waals surface area contributed by atoms with Gasteiger partial charge in [-0.2, -0.15) is 0 Å². The van der Waals surface area contributed by atoms with Crippen molar-refractivity contribution < 1.29 is 13.5 Å².